The summed E-state index contributed by atoms with van der Waals surface area (Å²) in [5, 5.41) is 4.44. The van der Waals surface area contributed by atoms with Gasteiger partial charge in [-0.15, -0.1) is 5.10 Å². The summed E-state index contributed by atoms with van der Waals surface area (Å²) in [6.45, 7) is 4.81. The van der Waals surface area contributed by atoms with E-state index in [1.54, 1.807) is 0 Å². The summed E-state index contributed by atoms with van der Waals surface area (Å²) in [5.41, 5.74) is 2.76. The molecule has 4 aromatic rings. The molecule has 0 N–H and O–H groups in total. The smallest absolute Gasteiger partial charge is 0.291 e. The standard InChI is InChI=1S/C22H21N3O2S/c1-3-4-13-27-18-12-8-6-10-16(18)14-19-21(26)25-22(28-19)23-20(24-25)17-11-7-5-9-15(17)2/h5-12,14H,3-4,13H2,1-2H3/b19-14+. The number of ether oxygens (including phenoxy) is 1. The van der Waals surface area contributed by atoms with Gasteiger partial charge in [0, 0.05) is 11.1 Å². The number of benzene rings is 2. The van der Waals surface area contributed by atoms with Crippen molar-refractivity contribution in [3.63, 3.8) is 0 Å². The molecule has 2 aromatic carbocycles. The van der Waals surface area contributed by atoms with Crippen molar-refractivity contribution in [1.29, 1.82) is 0 Å². The molecule has 0 atom stereocenters. The van der Waals surface area contributed by atoms with E-state index in [2.05, 4.69) is 17.0 Å². The van der Waals surface area contributed by atoms with E-state index in [4.69, 9.17) is 4.74 Å². The topological polar surface area (TPSA) is 56.5 Å². The highest BCUT2D eigenvalue weighted by atomic mass is 32.1. The number of unbranched alkanes of at least 4 members (excludes halogenated alkanes) is 1. The number of fused-ring (bicyclic) bond motifs is 1. The first-order valence-electron chi connectivity index (χ1n) is 9.36. The Labute approximate surface area is 166 Å². The first kappa shape index (κ1) is 18.4. The number of nitrogens with zero attached hydrogens (tertiary/aromatic N) is 3. The molecule has 0 aliphatic heterocycles. The number of aromatic nitrogens is 3. The summed E-state index contributed by atoms with van der Waals surface area (Å²) in [6, 6.07) is 15.7. The third-order valence-electron chi connectivity index (χ3n) is 4.53. The molecule has 0 bridgehead atoms. The lowest BCUT2D eigenvalue weighted by Crippen LogP contribution is -2.23. The molecule has 0 fully saturated rings. The summed E-state index contributed by atoms with van der Waals surface area (Å²) >= 11 is 1.34. The third-order valence-corrected chi connectivity index (χ3v) is 5.49. The number of aryl methyl sites for hydroxylation is 1. The zero-order valence-electron chi connectivity index (χ0n) is 15.9. The molecule has 0 aliphatic rings. The van der Waals surface area contributed by atoms with Crippen LogP contribution in [-0.4, -0.2) is 21.2 Å². The van der Waals surface area contributed by atoms with Gasteiger partial charge in [0.15, 0.2) is 5.82 Å². The number of thiazole rings is 1. The van der Waals surface area contributed by atoms with Crippen LogP contribution in [-0.2, 0) is 0 Å². The van der Waals surface area contributed by atoms with Crippen LogP contribution in [0.3, 0.4) is 0 Å². The van der Waals surface area contributed by atoms with Crippen molar-refractivity contribution in [3.05, 3.63) is 74.5 Å². The molecule has 0 unspecified atom stereocenters. The van der Waals surface area contributed by atoms with E-state index in [1.807, 2.05) is 61.5 Å². The number of hydrogen-bond donors (Lipinski definition) is 0. The molecule has 0 aliphatic carbocycles. The third kappa shape index (κ3) is 3.55. The fourth-order valence-corrected chi connectivity index (χ4v) is 3.87. The zero-order valence-corrected chi connectivity index (χ0v) is 16.7. The zero-order chi connectivity index (χ0) is 19.5. The number of hydrogen-bond acceptors (Lipinski definition) is 5. The van der Waals surface area contributed by atoms with Gasteiger partial charge < -0.3 is 4.74 Å². The van der Waals surface area contributed by atoms with Crippen molar-refractivity contribution in [2.75, 3.05) is 6.61 Å². The van der Waals surface area contributed by atoms with Crippen molar-refractivity contribution in [3.8, 4) is 17.1 Å². The SMILES string of the molecule is CCCCOc1ccccc1/C=c1/sc2nc(-c3ccccc3C)nn2c1=O. The molecule has 0 saturated carbocycles. The molecular formula is C22H21N3O2S. The van der Waals surface area contributed by atoms with E-state index in [0.29, 0.717) is 21.9 Å². The molecule has 28 heavy (non-hydrogen) atoms. The minimum Gasteiger partial charge on any atom is -0.493 e. The van der Waals surface area contributed by atoms with Gasteiger partial charge in [-0.3, -0.25) is 4.79 Å². The van der Waals surface area contributed by atoms with Crippen molar-refractivity contribution in [1.82, 2.24) is 14.6 Å². The van der Waals surface area contributed by atoms with E-state index in [1.165, 1.54) is 15.9 Å². The fraction of sp³-hybridized carbons (Fsp3) is 0.227. The highest BCUT2D eigenvalue weighted by Crippen LogP contribution is 2.21. The van der Waals surface area contributed by atoms with Gasteiger partial charge in [-0.25, -0.2) is 0 Å². The van der Waals surface area contributed by atoms with Crippen LogP contribution in [0, 0.1) is 6.92 Å². The average molecular weight is 391 g/mol. The second-order valence-corrected chi connectivity index (χ2v) is 7.61. The quantitative estimate of drug-likeness (QED) is 0.469. The Balaban J connectivity index is 1.73. The maximum atomic E-state index is 12.8. The Morgan fingerprint density at radius 1 is 1.14 bits per heavy atom. The van der Waals surface area contributed by atoms with E-state index in [-0.39, 0.29) is 5.56 Å². The minimum atomic E-state index is -0.157. The lowest BCUT2D eigenvalue weighted by Gasteiger charge is -2.07. The van der Waals surface area contributed by atoms with Crippen molar-refractivity contribution in [2.24, 2.45) is 0 Å². The van der Waals surface area contributed by atoms with Crippen molar-refractivity contribution in [2.45, 2.75) is 26.7 Å². The Bertz CT molecular complexity index is 1230. The Kier molecular flexibility index (Phi) is 5.21. The lowest BCUT2D eigenvalue weighted by molar-refractivity contribution is 0.309. The van der Waals surface area contributed by atoms with Crippen molar-refractivity contribution >= 4 is 22.4 Å². The van der Waals surface area contributed by atoms with Gasteiger partial charge >= 0.3 is 0 Å². The van der Waals surface area contributed by atoms with E-state index < -0.39 is 0 Å². The molecule has 4 rings (SSSR count). The number of rotatable bonds is 6. The van der Waals surface area contributed by atoms with Crippen LogP contribution in [0.4, 0.5) is 0 Å². The van der Waals surface area contributed by atoms with Crippen LogP contribution in [0.5, 0.6) is 5.75 Å². The largest absolute Gasteiger partial charge is 0.493 e. The van der Waals surface area contributed by atoms with Gasteiger partial charge in [0.05, 0.1) is 11.1 Å². The molecule has 5 nitrogen and oxygen atoms in total. The highest BCUT2D eigenvalue weighted by Gasteiger charge is 2.13. The van der Waals surface area contributed by atoms with Gasteiger partial charge in [0.1, 0.15) is 5.75 Å². The second kappa shape index (κ2) is 7.94. The summed E-state index contributed by atoms with van der Waals surface area (Å²) < 4.78 is 7.85. The Morgan fingerprint density at radius 2 is 1.93 bits per heavy atom. The molecule has 2 aromatic heterocycles. The van der Waals surface area contributed by atoms with Crippen LogP contribution in [0.15, 0.2) is 53.3 Å². The van der Waals surface area contributed by atoms with Crippen LogP contribution < -0.4 is 14.8 Å². The normalized spacial score (nSPS) is 12.0. The Hall–Kier alpha value is -2.99. The molecule has 142 valence electrons. The fourth-order valence-electron chi connectivity index (χ4n) is 2.97. The summed E-state index contributed by atoms with van der Waals surface area (Å²) in [5.74, 6) is 1.37. The van der Waals surface area contributed by atoms with Crippen LogP contribution in [0.2, 0.25) is 0 Å². The predicted octanol–water partition coefficient (Wildman–Crippen LogP) is 3.85. The second-order valence-electron chi connectivity index (χ2n) is 6.60. The molecule has 0 radical (unpaired) electrons. The van der Waals surface area contributed by atoms with Gasteiger partial charge in [-0.2, -0.15) is 9.50 Å². The van der Waals surface area contributed by atoms with Gasteiger partial charge in [-0.05, 0) is 31.1 Å². The number of para-hydroxylation sites is 1. The first-order valence-corrected chi connectivity index (χ1v) is 10.2. The van der Waals surface area contributed by atoms with E-state index in [9.17, 15) is 4.79 Å². The lowest BCUT2D eigenvalue weighted by atomic mass is 10.1. The molecular weight excluding hydrogens is 370 g/mol. The predicted molar refractivity (Wildman–Crippen MR) is 113 cm³/mol. The Morgan fingerprint density at radius 3 is 2.71 bits per heavy atom. The highest BCUT2D eigenvalue weighted by molar-refractivity contribution is 7.15. The summed E-state index contributed by atoms with van der Waals surface area (Å²) in [6.07, 6.45) is 3.94. The molecule has 0 spiro atoms. The summed E-state index contributed by atoms with van der Waals surface area (Å²) in [4.78, 5) is 18.0. The molecule has 2 heterocycles. The molecule has 0 amide bonds. The van der Waals surface area contributed by atoms with E-state index >= 15 is 0 Å². The summed E-state index contributed by atoms with van der Waals surface area (Å²) in [7, 11) is 0. The van der Waals surface area contributed by atoms with Gasteiger partial charge in [0.25, 0.3) is 5.56 Å². The first-order chi connectivity index (χ1) is 13.7. The molecule has 0 saturated heterocycles. The monoisotopic (exact) mass is 391 g/mol. The van der Waals surface area contributed by atoms with Crippen LogP contribution >= 0.6 is 11.3 Å². The molecule has 6 heteroatoms. The van der Waals surface area contributed by atoms with E-state index in [0.717, 1.165) is 35.3 Å². The average Bonchev–Trinajstić information content (AvgIpc) is 3.23. The van der Waals surface area contributed by atoms with Crippen LogP contribution in [0.25, 0.3) is 22.4 Å². The van der Waals surface area contributed by atoms with Gasteiger partial charge in [0.2, 0.25) is 4.96 Å². The van der Waals surface area contributed by atoms with Crippen molar-refractivity contribution < 1.29 is 4.74 Å². The van der Waals surface area contributed by atoms with Gasteiger partial charge in [-0.1, -0.05) is 67.1 Å². The maximum absolute atomic E-state index is 12.8. The maximum Gasteiger partial charge on any atom is 0.291 e. The van der Waals surface area contributed by atoms with Crippen LogP contribution in [0.1, 0.15) is 30.9 Å². The minimum absolute atomic E-state index is 0.157.